The monoisotopic (exact) mass is 679 g/mol. The lowest BCUT2D eigenvalue weighted by atomic mass is 9.92. The molecule has 7 aromatic carbocycles. The quantitative estimate of drug-likeness (QED) is 0.159. The van der Waals surface area contributed by atoms with Crippen LogP contribution in [0, 0.1) is 22.7 Å². The lowest BCUT2D eigenvalue weighted by Gasteiger charge is -2.13. The maximum atomic E-state index is 9.53. The van der Waals surface area contributed by atoms with Crippen molar-refractivity contribution < 1.29 is 4.74 Å². The van der Waals surface area contributed by atoms with Crippen molar-refractivity contribution in [1.29, 1.82) is 10.5 Å². The van der Waals surface area contributed by atoms with Crippen molar-refractivity contribution in [2.45, 2.75) is 0 Å². The van der Waals surface area contributed by atoms with Gasteiger partial charge in [-0.05, 0) is 112 Å². The molecule has 6 heteroatoms. The summed E-state index contributed by atoms with van der Waals surface area (Å²) in [6.45, 7) is 0. The molecule has 8 aromatic rings. The van der Waals surface area contributed by atoms with Crippen molar-refractivity contribution in [3.8, 4) is 91.2 Å². The van der Waals surface area contributed by atoms with Crippen molar-refractivity contribution in [2.75, 3.05) is 0 Å². The highest BCUT2D eigenvalue weighted by molar-refractivity contribution is 5.82. The molecule has 0 aliphatic rings. The summed E-state index contributed by atoms with van der Waals surface area (Å²) in [6, 6.07) is 61.5. The van der Waals surface area contributed by atoms with E-state index in [1.54, 1.807) is 12.1 Å². The Labute approximate surface area is 307 Å². The smallest absolute Gasteiger partial charge is 0.164 e. The van der Waals surface area contributed by atoms with Gasteiger partial charge >= 0.3 is 0 Å². The van der Waals surface area contributed by atoms with Crippen molar-refractivity contribution in [3.63, 3.8) is 0 Å². The van der Waals surface area contributed by atoms with Gasteiger partial charge in [-0.1, -0.05) is 97.1 Å². The molecule has 0 atom stereocenters. The van der Waals surface area contributed by atoms with E-state index in [9.17, 15) is 10.5 Å². The second kappa shape index (κ2) is 14.7. The molecule has 0 aliphatic carbocycles. The van der Waals surface area contributed by atoms with E-state index in [1.165, 1.54) is 0 Å². The van der Waals surface area contributed by atoms with E-state index in [0.29, 0.717) is 40.1 Å². The standard InChI is InChI=1S/C47H29N5O/c48-30-32-9-7-15-38(25-32)41-27-40(28-42(29-41)39-16-8-10-33(26-39)31-49)34-17-21-43(22-18-34)53-44-23-19-37(20-24-44)47-51-45(35-11-3-1-4-12-35)50-46(52-47)36-13-5-2-6-14-36/h1-29H. The number of aromatic nitrogens is 3. The summed E-state index contributed by atoms with van der Waals surface area (Å²) in [5, 5.41) is 19.1. The van der Waals surface area contributed by atoms with Crippen LogP contribution in [0.5, 0.6) is 11.5 Å². The number of nitriles is 2. The lowest BCUT2D eigenvalue weighted by Crippen LogP contribution is -2.00. The minimum absolute atomic E-state index is 0.578. The van der Waals surface area contributed by atoms with Gasteiger partial charge < -0.3 is 4.74 Å². The van der Waals surface area contributed by atoms with Gasteiger partial charge in [0.05, 0.1) is 23.3 Å². The maximum absolute atomic E-state index is 9.53. The first-order chi connectivity index (χ1) is 26.1. The number of nitrogens with zero attached hydrogens (tertiary/aromatic N) is 5. The molecule has 0 saturated heterocycles. The van der Waals surface area contributed by atoms with Gasteiger partial charge in [-0.15, -0.1) is 0 Å². The Balaban J connectivity index is 1.07. The van der Waals surface area contributed by atoms with Crippen LogP contribution in [-0.2, 0) is 0 Å². The fraction of sp³-hybridized carbons (Fsp3) is 0. The largest absolute Gasteiger partial charge is 0.457 e. The molecule has 0 saturated carbocycles. The van der Waals surface area contributed by atoms with Crippen LogP contribution in [0.3, 0.4) is 0 Å². The van der Waals surface area contributed by atoms with Gasteiger partial charge in [-0.3, -0.25) is 0 Å². The summed E-state index contributed by atoms with van der Waals surface area (Å²) in [6.07, 6.45) is 0. The fourth-order valence-corrected chi connectivity index (χ4v) is 6.13. The third-order valence-electron chi connectivity index (χ3n) is 8.82. The molecule has 0 spiro atoms. The van der Waals surface area contributed by atoms with Gasteiger partial charge in [0.1, 0.15) is 11.5 Å². The third-order valence-corrected chi connectivity index (χ3v) is 8.82. The van der Waals surface area contributed by atoms with Gasteiger partial charge in [0.25, 0.3) is 0 Å². The van der Waals surface area contributed by atoms with Crippen LogP contribution in [0.2, 0.25) is 0 Å². The normalized spacial score (nSPS) is 10.6. The van der Waals surface area contributed by atoms with Gasteiger partial charge in [-0.25, -0.2) is 15.0 Å². The highest BCUT2D eigenvalue weighted by Crippen LogP contribution is 2.35. The number of benzene rings is 7. The number of hydrogen-bond acceptors (Lipinski definition) is 6. The van der Waals surface area contributed by atoms with Crippen LogP contribution in [0.25, 0.3) is 67.5 Å². The van der Waals surface area contributed by atoms with Crippen molar-refractivity contribution in [3.05, 3.63) is 187 Å². The molecule has 0 aliphatic heterocycles. The Bertz CT molecular complexity index is 2510. The fourth-order valence-electron chi connectivity index (χ4n) is 6.13. The van der Waals surface area contributed by atoms with Gasteiger partial charge in [0, 0.05) is 16.7 Å². The second-order valence-corrected chi connectivity index (χ2v) is 12.4. The summed E-state index contributed by atoms with van der Waals surface area (Å²) in [5.74, 6) is 3.17. The summed E-state index contributed by atoms with van der Waals surface area (Å²) >= 11 is 0. The SMILES string of the molecule is N#Cc1cccc(-c2cc(-c3ccc(Oc4ccc(-c5nc(-c6ccccc6)nc(-c6ccccc6)n5)cc4)cc3)cc(-c3cccc(C#N)c3)c2)c1. The Hall–Kier alpha value is -7.67. The first-order valence-electron chi connectivity index (χ1n) is 17.0. The Kier molecular flexibility index (Phi) is 9.00. The molecule has 1 aromatic heterocycles. The summed E-state index contributed by atoms with van der Waals surface area (Å²) in [7, 11) is 0. The lowest BCUT2D eigenvalue weighted by molar-refractivity contribution is 0.483. The molecule has 0 bridgehead atoms. The van der Waals surface area contributed by atoms with Gasteiger partial charge in [-0.2, -0.15) is 10.5 Å². The number of hydrogen-bond donors (Lipinski definition) is 0. The van der Waals surface area contributed by atoms with E-state index in [1.807, 2.05) is 146 Å². The first-order valence-corrected chi connectivity index (χ1v) is 17.0. The van der Waals surface area contributed by atoms with E-state index in [2.05, 4.69) is 30.3 Å². The molecule has 0 unspecified atom stereocenters. The second-order valence-electron chi connectivity index (χ2n) is 12.4. The summed E-state index contributed by atoms with van der Waals surface area (Å²) in [5.41, 5.74) is 9.71. The first kappa shape index (κ1) is 32.5. The van der Waals surface area contributed by atoms with Crippen LogP contribution in [0.15, 0.2) is 176 Å². The zero-order valence-electron chi connectivity index (χ0n) is 28.4. The van der Waals surface area contributed by atoms with E-state index in [4.69, 9.17) is 19.7 Å². The van der Waals surface area contributed by atoms with Crippen molar-refractivity contribution in [1.82, 2.24) is 15.0 Å². The summed E-state index contributed by atoms with van der Waals surface area (Å²) in [4.78, 5) is 14.4. The van der Waals surface area contributed by atoms with E-state index < -0.39 is 0 Å². The van der Waals surface area contributed by atoms with E-state index >= 15 is 0 Å². The Morgan fingerprint density at radius 2 is 0.679 bits per heavy atom. The van der Waals surface area contributed by atoms with Crippen LogP contribution in [0.1, 0.15) is 11.1 Å². The molecule has 8 rings (SSSR count). The van der Waals surface area contributed by atoms with Crippen molar-refractivity contribution >= 4 is 0 Å². The number of rotatable bonds is 8. The minimum Gasteiger partial charge on any atom is -0.457 e. The summed E-state index contributed by atoms with van der Waals surface area (Å²) < 4.78 is 6.27. The molecule has 0 N–H and O–H groups in total. The Morgan fingerprint density at radius 3 is 1.09 bits per heavy atom. The molecular weight excluding hydrogens is 651 g/mol. The molecule has 0 amide bonds. The Morgan fingerprint density at radius 1 is 0.321 bits per heavy atom. The predicted octanol–water partition coefficient (Wildman–Crippen LogP) is 11.4. The van der Waals surface area contributed by atoms with Crippen LogP contribution < -0.4 is 4.74 Å². The predicted molar refractivity (Wildman–Crippen MR) is 208 cm³/mol. The van der Waals surface area contributed by atoms with Gasteiger partial charge in [0.15, 0.2) is 17.5 Å². The van der Waals surface area contributed by atoms with E-state index in [-0.39, 0.29) is 0 Å². The zero-order valence-corrected chi connectivity index (χ0v) is 28.4. The highest BCUT2D eigenvalue weighted by atomic mass is 16.5. The van der Waals surface area contributed by atoms with Crippen molar-refractivity contribution in [2.24, 2.45) is 0 Å². The van der Waals surface area contributed by atoms with Crippen LogP contribution in [0.4, 0.5) is 0 Å². The van der Waals surface area contributed by atoms with E-state index in [0.717, 1.165) is 50.1 Å². The molecule has 248 valence electrons. The topological polar surface area (TPSA) is 95.5 Å². The zero-order chi connectivity index (χ0) is 36.0. The van der Waals surface area contributed by atoms with Gasteiger partial charge in [0.2, 0.25) is 0 Å². The van der Waals surface area contributed by atoms with Crippen LogP contribution in [-0.4, -0.2) is 15.0 Å². The third kappa shape index (κ3) is 7.30. The molecule has 0 fully saturated rings. The minimum atomic E-state index is 0.578. The molecule has 1 heterocycles. The molecule has 0 radical (unpaired) electrons. The molecular formula is C47H29N5O. The molecule has 53 heavy (non-hydrogen) atoms. The molecule has 6 nitrogen and oxygen atoms in total. The maximum Gasteiger partial charge on any atom is 0.164 e. The number of ether oxygens (including phenoxy) is 1. The average molecular weight is 680 g/mol. The van der Waals surface area contributed by atoms with Crippen LogP contribution >= 0.6 is 0 Å². The highest BCUT2D eigenvalue weighted by Gasteiger charge is 2.13. The average Bonchev–Trinajstić information content (AvgIpc) is 3.24.